The molecule has 4 nitrogen and oxygen atoms in total. The van der Waals surface area contributed by atoms with Crippen LogP contribution in [0, 0.1) is 17.2 Å². The molecule has 1 aliphatic heterocycles. The fraction of sp³-hybridized carbons (Fsp3) is 0.471. The summed E-state index contributed by atoms with van der Waals surface area (Å²) < 4.78 is 13.0. The van der Waals surface area contributed by atoms with E-state index >= 15 is 0 Å². The molecule has 1 saturated heterocycles. The number of anilines is 1. The largest absolute Gasteiger partial charge is 0.303 e. The fourth-order valence-corrected chi connectivity index (χ4v) is 3.70. The summed E-state index contributed by atoms with van der Waals surface area (Å²) in [6.45, 7) is 0. The molecule has 5 heteroatoms. The van der Waals surface area contributed by atoms with Gasteiger partial charge in [-0.25, -0.2) is 4.39 Å². The molecule has 2 aliphatic rings. The maximum Gasteiger partial charge on any atom is 0.238 e. The second kappa shape index (κ2) is 5.63. The molecule has 1 aliphatic carbocycles. The number of imide groups is 1. The molecule has 0 spiro atoms. The lowest BCUT2D eigenvalue weighted by Gasteiger charge is -2.35. The second-order valence-corrected chi connectivity index (χ2v) is 6.21. The van der Waals surface area contributed by atoms with Crippen molar-refractivity contribution in [1.82, 2.24) is 0 Å². The first-order valence-electron chi connectivity index (χ1n) is 7.66. The molecular formula is C17H18FNO3. The van der Waals surface area contributed by atoms with Gasteiger partial charge in [-0.3, -0.25) is 14.5 Å². The van der Waals surface area contributed by atoms with E-state index in [9.17, 15) is 18.8 Å². The van der Waals surface area contributed by atoms with Gasteiger partial charge in [0.1, 0.15) is 12.1 Å². The van der Waals surface area contributed by atoms with Gasteiger partial charge in [-0.2, -0.15) is 0 Å². The highest BCUT2D eigenvalue weighted by molar-refractivity contribution is 6.21. The van der Waals surface area contributed by atoms with E-state index < -0.39 is 17.2 Å². The van der Waals surface area contributed by atoms with Crippen molar-refractivity contribution in [2.24, 2.45) is 11.3 Å². The van der Waals surface area contributed by atoms with Crippen molar-refractivity contribution in [2.45, 2.75) is 38.5 Å². The van der Waals surface area contributed by atoms with E-state index in [2.05, 4.69) is 0 Å². The van der Waals surface area contributed by atoms with Crippen LogP contribution in [0.25, 0.3) is 0 Å². The van der Waals surface area contributed by atoms with Gasteiger partial charge in [0, 0.05) is 11.8 Å². The first-order valence-corrected chi connectivity index (χ1v) is 7.66. The second-order valence-electron chi connectivity index (χ2n) is 6.21. The third kappa shape index (κ3) is 2.34. The Kier molecular flexibility index (Phi) is 3.81. The first kappa shape index (κ1) is 14.9. The maximum atomic E-state index is 13.0. The average Bonchev–Trinajstić information content (AvgIpc) is 2.84. The van der Waals surface area contributed by atoms with Crippen molar-refractivity contribution in [1.29, 1.82) is 0 Å². The highest BCUT2D eigenvalue weighted by Crippen LogP contribution is 2.46. The van der Waals surface area contributed by atoms with Crippen LogP contribution >= 0.6 is 0 Å². The summed E-state index contributed by atoms with van der Waals surface area (Å²) in [7, 11) is 0. The zero-order chi connectivity index (χ0) is 15.7. The Hall–Kier alpha value is -2.04. The fourth-order valence-electron chi connectivity index (χ4n) is 3.70. The molecule has 22 heavy (non-hydrogen) atoms. The van der Waals surface area contributed by atoms with Crippen molar-refractivity contribution in [3.8, 4) is 0 Å². The number of benzene rings is 1. The monoisotopic (exact) mass is 303 g/mol. The zero-order valence-electron chi connectivity index (χ0n) is 12.3. The molecule has 0 radical (unpaired) electrons. The molecule has 1 heterocycles. The van der Waals surface area contributed by atoms with Crippen LogP contribution in [0.1, 0.15) is 38.5 Å². The van der Waals surface area contributed by atoms with Crippen LogP contribution in [0.5, 0.6) is 0 Å². The smallest absolute Gasteiger partial charge is 0.238 e. The van der Waals surface area contributed by atoms with Crippen molar-refractivity contribution in [3.63, 3.8) is 0 Å². The highest BCUT2D eigenvalue weighted by Gasteiger charge is 2.51. The van der Waals surface area contributed by atoms with Gasteiger partial charge >= 0.3 is 0 Å². The van der Waals surface area contributed by atoms with Crippen molar-refractivity contribution < 1.29 is 18.8 Å². The van der Waals surface area contributed by atoms with E-state index in [1.165, 1.54) is 24.3 Å². The van der Waals surface area contributed by atoms with Crippen LogP contribution in [0.2, 0.25) is 0 Å². The normalized spacial score (nSPS) is 24.6. The van der Waals surface area contributed by atoms with Crippen LogP contribution < -0.4 is 4.90 Å². The Morgan fingerprint density at radius 3 is 2.32 bits per heavy atom. The van der Waals surface area contributed by atoms with Crippen molar-refractivity contribution in [3.05, 3.63) is 30.1 Å². The van der Waals surface area contributed by atoms with E-state index in [0.717, 1.165) is 30.4 Å². The molecule has 0 N–H and O–H groups in total. The van der Waals surface area contributed by atoms with E-state index in [-0.39, 0.29) is 18.2 Å². The number of halogens is 1. The van der Waals surface area contributed by atoms with E-state index in [1.54, 1.807) is 0 Å². The zero-order valence-corrected chi connectivity index (χ0v) is 12.3. The summed E-state index contributed by atoms with van der Waals surface area (Å²) >= 11 is 0. The minimum Gasteiger partial charge on any atom is -0.303 e. The Balaban J connectivity index is 1.90. The number of carbonyl (C=O) groups excluding carboxylic acids is 3. The predicted octanol–water partition coefficient (Wildman–Crippen LogP) is 2.85. The summed E-state index contributed by atoms with van der Waals surface area (Å²) in [5.41, 5.74) is -0.337. The number of amides is 2. The Morgan fingerprint density at radius 2 is 1.73 bits per heavy atom. The summed E-state index contributed by atoms with van der Waals surface area (Å²) in [5.74, 6) is -1.64. The number of nitrogens with zero attached hydrogens (tertiary/aromatic N) is 1. The number of carbonyl (C=O) groups is 3. The summed E-state index contributed by atoms with van der Waals surface area (Å²) in [4.78, 5) is 37.8. The van der Waals surface area contributed by atoms with Crippen LogP contribution in [-0.4, -0.2) is 18.1 Å². The van der Waals surface area contributed by atoms with Gasteiger partial charge in [0.25, 0.3) is 0 Å². The molecule has 2 amide bonds. The van der Waals surface area contributed by atoms with E-state index in [1.807, 2.05) is 0 Å². The number of hydrogen-bond acceptors (Lipinski definition) is 3. The molecule has 0 aromatic heterocycles. The lowest BCUT2D eigenvalue weighted by Crippen LogP contribution is -2.40. The van der Waals surface area contributed by atoms with Crippen LogP contribution in [-0.2, 0) is 14.4 Å². The Labute approximate surface area is 128 Å². The van der Waals surface area contributed by atoms with E-state index in [0.29, 0.717) is 18.5 Å². The lowest BCUT2D eigenvalue weighted by atomic mass is 9.66. The molecule has 2 fully saturated rings. The minimum absolute atomic E-state index is 0.0644. The van der Waals surface area contributed by atoms with Gasteiger partial charge in [-0.1, -0.05) is 19.3 Å². The molecule has 1 aromatic carbocycles. The lowest BCUT2D eigenvalue weighted by molar-refractivity contribution is -0.132. The van der Waals surface area contributed by atoms with E-state index in [4.69, 9.17) is 0 Å². The average molecular weight is 303 g/mol. The van der Waals surface area contributed by atoms with Crippen molar-refractivity contribution >= 4 is 23.8 Å². The SMILES string of the molecule is O=CC1([C@@H]2CC(=O)N(c3ccc(F)cc3)C2=O)CCCCC1. The highest BCUT2D eigenvalue weighted by atomic mass is 19.1. The molecule has 1 aromatic rings. The third-order valence-corrected chi connectivity index (χ3v) is 4.94. The molecule has 1 atom stereocenters. The van der Waals surface area contributed by atoms with Gasteiger partial charge in [0.05, 0.1) is 11.6 Å². The maximum absolute atomic E-state index is 13.0. The summed E-state index contributed by atoms with van der Waals surface area (Å²) in [6, 6.07) is 5.28. The van der Waals surface area contributed by atoms with Gasteiger partial charge in [0.15, 0.2) is 0 Å². The van der Waals surface area contributed by atoms with Gasteiger partial charge in [-0.15, -0.1) is 0 Å². The van der Waals surface area contributed by atoms with Gasteiger partial charge in [0.2, 0.25) is 11.8 Å². The minimum atomic E-state index is -0.709. The third-order valence-electron chi connectivity index (χ3n) is 4.94. The summed E-state index contributed by atoms with van der Waals surface area (Å²) in [6.07, 6.45) is 5.16. The molecule has 0 unspecified atom stereocenters. The van der Waals surface area contributed by atoms with Gasteiger partial charge < -0.3 is 4.79 Å². The topological polar surface area (TPSA) is 54.5 Å². The standard InChI is InChI=1S/C17H18FNO3/c18-12-4-6-13(7-5-12)19-15(21)10-14(16(19)22)17(11-20)8-2-1-3-9-17/h4-7,11,14H,1-3,8-10H2/t14-/m1/s1. The number of aldehydes is 1. The van der Waals surface area contributed by atoms with Gasteiger partial charge in [-0.05, 0) is 37.1 Å². The number of rotatable bonds is 3. The number of hydrogen-bond donors (Lipinski definition) is 0. The van der Waals surface area contributed by atoms with Crippen LogP contribution in [0.3, 0.4) is 0 Å². The van der Waals surface area contributed by atoms with Crippen LogP contribution in [0.15, 0.2) is 24.3 Å². The quantitative estimate of drug-likeness (QED) is 0.637. The first-order chi connectivity index (χ1) is 10.6. The molecule has 1 saturated carbocycles. The molecule has 3 rings (SSSR count). The predicted molar refractivity (Wildman–Crippen MR) is 78.6 cm³/mol. The molecule has 116 valence electrons. The molecular weight excluding hydrogens is 285 g/mol. The Bertz CT molecular complexity index is 605. The summed E-state index contributed by atoms with van der Waals surface area (Å²) in [5, 5.41) is 0. The Morgan fingerprint density at radius 1 is 1.09 bits per heavy atom. The van der Waals surface area contributed by atoms with Crippen LogP contribution in [0.4, 0.5) is 10.1 Å². The van der Waals surface area contributed by atoms with Crippen molar-refractivity contribution in [2.75, 3.05) is 4.90 Å². The molecule has 0 bridgehead atoms.